The highest BCUT2D eigenvalue weighted by Crippen LogP contribution is 2.26. The maximum atomic E-state index is 13.2. The van der Waals surface area contributed by atoms with Crippen molar-refractivity contribution in [3.8, 4) is 5.75 Å². The van der Waals surface area contributed by atoms with Gasteiger partial charge in [0.1, 0.15) is 11.6 Å². The van der Waals surface area contributed by atoms with Crippen molar-refractivity contribution < 1.29 is 13.9 Å². The molecule has 20 heavy (non-hydrogen) atoms. The summed E-state index contributed by atoms with van der Waals surface area (Å²) in [6.07, 6.45) is 0.107. The lowest BCUT2D eigenvalue weighted by molar-refractivity contribution is 0.0990. The summed E-state index contributed by atoms with van der Waals surface area (Å²) in [6, 6.07) is 9.49. The Morgan fingerprint density at radius 1 is 1.20 bits per heavy atom. The van der Waals surface area contributed by atoms with Crippen LogP contribution in [0.15, 0.2) is 45.3 Å². The number of rotatable bonds is 4. The number of benzene rings is 2. The molecule has 0 unspecified atom stereocenters. The summed E-state index contributed by atoms with van der Waals surface area (Å²) in [5.74, 6) is 0.0105. The zero-order chi connectivity index (χ0) is 14.7. The molecule has 0 saturated carbocycles. The molecule has 0 atom stereocenters. The molecular formula is C15H11Br2FO2. The zero-order valence-electron chi connectivity index (χ0n) is 10.6. The van der Waals surface area contributed by atoms with Crippen molar-refractivity contribution in [1.29, 1.82) is 0 Å². The normalized spacial score (nSPS) is 10.4. The summed E-state index contributed by atoms with van der Waals surface area (Å²) in [4.78, 5) is 12.3. The van der Waals surface area contributed by atoms with Gasteiger partial charge < -0.3 is 4.74 Å². The van der Waals surface area contributed by atoms with Crippen LogP contribution in [0, 0.1) is 5.82 Å². The monoisotopic (exact) mass is 400 g/mol. The molecule has 0 aliphatic heterocycles. The van der Waals surface area contributed by atoms with E-state index in [1.165, 1.54) is 19.2 Å². The van der Waals surface area contributed by atoms with Crippen molar-refractivity contribution in [2.75, 3.05) is 7.11 Å². The number of hydrogen-bond donors (Lipinski definition) is 0. The summed E-state index contributed by atoms with van der Waals surface area (Å²) < 4.78 is 20.0. The second-order valence-corrected chi connectivity index (χ2v) is 5.95. The molecule has 0 heterocycles. The van der Waals surface area contributed by atoms with Gasteiger partial charge >= 0.3 is 0 Å². The summed E-state index contributed by atoms with van der Waals surface area (Å²) in [5.41, 5.74) is 1.09. The predicted octanol–water partition coefficient (Wildman–Crippen LogP) is 4.78. The highest BCUT2D eigenvalue weighted by atomic mass is 79.9. The van der Waals surface area contributed by atoms with Crippen molar-refractivity contribution >= 4 is 37.6 Å². The maximum absolute atomic E-state index is 13.2. The molecule has 2 nitrogen and oxygen atoms in total. The van der Waals surface area contributed by atoms with E-state index in [-0.39, 0.29) is 18.0 Å². The second-order valence-electron chi connectivity index (χ2n) is 4.18. The van der Waals surface area contributed by atoms with Crippen LogP contribution in [0.25, 0.3) is 0 Å². The minimum absolute atomic E-state index is 0.107. The molecule has 0 saturated heterocycles. The third-order valence-corrected chi connectivity index (χ3v) is 4.09. The van der Waals surface area contributed by atoms with Crippen LogP contribution in [-0.2, 0) is 6.42 Å². The molecule has 0 N–H and O–H groups in total. The van der Waals surface area contributed by atoms with Crippen LogP contribution in [0.4, 0.5) is 4.39 Å². The molecule has 0 aliphatic carbocycles. The van der Waals surface area contributed by atoms with Gasteiger partial charge in [0.2, 0.25) is 0 Å². The van der Waals surface area contributed by atoms with Gasteiger partial charge in [0.15, 0.2) is 5.78 Å². The topological polar surface area (TPSA) is 26.3 Å². The number of Topliss-reactive ketones (excluding diaryl/α,β-unsaturated/α-hetero) is 1. The standard InChI is InChI=1S/C15H11Br2FO2/c1-20-15-8-10(16)2-4-12(15)14(19)7-9-6-11(18)3-5-13(9)17/h2-6,8H,7H2,1H3. The van der Waals surface area contributed by atoms with Gasteiger partial charge in [0.25, 0.3) is 0 Å². The first kappa shape index (κ1) is 15.2. The first-order valence-electron chi connectivity index (χ1n) is 5.82. The lowest BCUT2D eigenvalue weighted by Crippen LogP contribution is -2.06. The Hall–Kier alpha value is -1.20. The molecule has 104 valence electrons. The summed E-state index contributed by atoms with van der Waals surface area (Å²) in [5, 5.41) is 0. The number of methoxy groups -OCH3 is 1. The lowest BCUT2D eigenvalue weighted by atomic mass is 10.0. The van der Waals surface area contributed by atoms with Gasteiger partial charge in [-0.2, -0.15) is 0 Å². The fourth-order valence-electron chi connectivity index (χ4n) is 1.84. The maximum Gasteiger partial charge on any atom is 0.170 e. The Morgan fingerprint density at radius 2 is 1.95 bits per heavy atom. The van der Waals surface area contributed by atoms with Crippen LogP contribution in [-0.4, -0.2) is 12.9 Å². The molecule has 2 aromatic rings. The van der Waals surface area contributed by atoms with E-state index in [1.54, 1.807) is 24.3 Å². The van der Waals surface area contributed by atoms with Crippen LogP contribution in [0.5, 0.6) is 5.75 Å². The minimum atomic E-state index is -0.362. The van der Waals surface area contributed by atoms with Crippen LogP contribution in [0.1, 0.15) is 15.9 Å². The molecule has 0 spiro atoms. The molecule has 0 amide bonds. The second kappa shape index (κ2) is 6.50. The van der Waals surface area contributed by atoms with E-state index in [2.05, 4.69) is 31.9 Å². The quantitative estimate of drug-likeness (QED) is 0.688. The van der Waals surface area contributed by atoms with E-state index in [4.69, 9.17) is 4.74 Å². The molecule has 5 heteroatoms. The Balaban J connectivity index is 2.30. The van der Waals surface area contributed by atoms with Gasteiger partial charge in [-0.3, -0.25) is 4.79 Å². The van der Waals surface area contributed by atoms with Gasteiger partial charge in [-0.15, -0.1) is 0 Å². The highest BCUT2D eigenvalue weighted by Gasteiger charge is 2.15. The van der Waals surface area contributed by atoms with Gasteiger partial charge in [-0.1, -0.05) is 31.9 Å². The van der Waals surface area contributed by atoms with Gasteiger partial charge in [-0.05, 0) is 42.0 Å². The van der Waals surface area contributed by atoms with Crippen molar-refractivity contribution in [3.63, 3.8) is 0 Å². The van der Waals surface area contributed by atoms with E-state index >= 15 is 0 Å². The van der Waals surface area contributed by atoms with Crippen LogP contribution in [0.2, 0.25) is 0 Å². The Morgan fingerprint density at radius 3 is 2.65 bits per heavy atom. The van der Waals surface area contributed by atoms with Crippen molar-refractivity contribution in [3.05, 3.63) is 62.3 Å². The smallest absolute Gasteiger partial charge is 0.170 e. The zero-order valence-corrected chi connectivity index (χ0v) is 13.8. The molecule has 2 aromatic carbocycles. The largest absolute Gasteiger partial charge is 0.496 e. The van der Waals surface area contributed by atoms with E-state index in [9.17, 15) is 9.18 Å². The van der Waals surface area contributed by atoms with Crippen molar-refractivity contribution in [2.45, 2.75) is 6.42 Å². The Bertz CT molecular complexity index is 656. The average Bonchev–Trinajstić information content (AvgIpc) is 2.42. The molecule has 0 bridgehead atoms. The molecular weight excluding hydrogens is 391 g/mol. The lowest BCUT2D eigenvalue weighted by Gasteiger charge is -2.09. The summed E-state index contributed by atoms with van der Waals surface area (Å²) >= 11 is 6.65. The van der Waals surface area contributed by atoms with E-state index in [0.717, 1.165) is 4.47 Å². The number of halogens is 3. The molecule has 2 rings (SSSR count). The third kappa shape index (κ3) is 3.46. The minimum Gasteiger partial charge on any atom is -0.496 e. The molecule has 0 aliphatic rings. The van der Waals surface area contributed by atoms with Crippen LogP contribution < -0.4 is 4.74 Å². The van der Waals surface area contributed by atoms with E-state index in [0.29, 0.717) is 21.3 Å². The van der Waals surface area contributed by atoms with Gasteiger partial charge in [0.05, 0.1) is 12.7 Å². The fraction of sp³-hybridized carbons (Fsp3) is 0.133. The van der Waals surface area contributed by atoms with E-state index in [1.807, 2.05) is 0 Å². The average molecular weight is 402 g/mol. The highest BCUT2D eigenvalue weighted by molar-refractivity contribution is 9.10. The third-order valence-electron chi connectivity index (χ3n) is 2.82. The number of hydrogen-bond acceptors (Lipinski definition) is 2. The van der Waals surface area contributed by atoms with Crippen molar-refractivity contribution in [2.24, 2.45) is 0 Å². The number of carbonyl (C=O) groups is 1. The first-order valence-corrected chi connectivity index (χ1v) is 7.40. The first-order chi connectivity index (χ1) is 9.51. The number of carbonyl (C=O) groups excluding carboxylic acids is 1. The molecule has 0 fully saturated rings. The van der Waals surface area contributed by atoms with Crippen LogP contribution in [0.3, 0.4) is 0 Å². The SMILES string of the molecule is COc1cc(Br)ccc1C(=O)Cc1cc(F)ccc1Br. The summed E-state index contributed by atoms with van der Waals surface area (Å²) in [7, 11) is 1.51. The Kier molecular flexibility index (Phi) is 4.94. The summed E-state index contributed by atoms with van der Waals surface area (Å²) in [6.45, 7) is 0. The number of ketones is 1. The van der Waals surface area contributed by atoms with Crippen molar-refractivity contribution in [1.82, 2.24) is 0 Å². The predicted molar refractivity (Wildman–Crippen MR) is 82.8 cm³/mol. The fourth-order valence-corrected chi connectivity index (χ4v) is 2.57. The van der Waals surface area contributed by atoms with E-state index < -0.39 is 0 Å². The molecule has 0 radical (unpaired) electrons. The number of ether oxygens (including phenoxy) is 1. The van der Waals surface area contributed by atoms with Crippen LogP contribution >= 0.6 is 31.9 Å². The Labute approximate surface area is 133 Å². The van der Waals surface area contributed by atoms with Gasteiger partial charge in [-0.25, -0.2) is 4.39 Å². The molecule has 0 aromatic heterocycles. The van der Waals surface area contributed by atoms with Gasteiger partial charge in [0, 0.05) is 15.4 Å².